The minimum atomic E-state index is -1.16. The number of primary amides is 1. The third-order valence-electron chi connectivity index (χ3n) is 4.29. The molecule has 0 bridgehead atoms. The van der Waals surface area contributed by atoms with Gasteiger partial charge in [0.25, 0.3) is 0 Å². The summed E-state index contributed by atoms with van der Waals surface area (Å²) in [4.78, 5) is 32.3. The number of rotatable bonds is 2. The number of benzene rings is 2. The van der Waals surface area contributed by atoms with Crippen LogP contribution in [-0.4, -0.2) is 47.4 Å². The lowest BCUT2D eigenvalue weighted by Crippen LogP contribution is -2.29. The Hall–Kier alpha value is -3.18. The number of hydrogen-bond donors (Lipinski definition) is 4. The molecule has 0 saturated heterocycles. The summed E-state index contributed by atoms with van der Waals surface area (Å²) in [5.74, 6) is -1.85. The average molecular weight is 399 g/mol. The lowest BCUT2D eigenvalue weighted by atomic mass is 9.79. The highest BCUT2D eigenvalue weighted by molar-refractivity contribution is 6.62. The van der Waals surface area contributed by atoms with Gasteiger partial charge in [0.15, 0.2) is 0 Å². The van der Waals surface area contributed by atoms with Gasteiger partial charge in [0.2, 0.25) is 0 Å². The first-order valence-corrected chi connectivity index (χ1v) is 8.36. The van der Waals surface area contributed by atoms with Crippen molar-refractivity contribution in [1.82, 2.24) is 0 Å². The van der Waals surface area contributed by atoms with Crippen molar-refractivity contribution in [3.63, 3.8) is 0 Å². The van der Waals surface area contributed by atoms with Crippen molar-refractivity contribution >= 4 is 43.2 Å². The van der Waals surface area contributed by atoms with E-state index in [4.69, 9.17) is 20.1 Å². The molecular formula is C17H15B2NO9. The summed E-state index contributed by atoms with van der Waals surface area (Å²) in [5, 5.41) is 27.4. The van der Waals surface area contributed by atoms with E-state index in [1.54, 1.807) is 12.1 Å². The van der Waals surface area contributed by atoms with Crippen LogP contribution in [0, 0.1) is 0 Å². The fraction of sp³-hybridized carbons (Fsp3) is 0.118. The van der Waals surface area contributed by atoms with Gasteiger partial charge in [-0.25, -0.2) is 14.4 Å². The molecular weight excluding hydrogens is 384 g/mol. The van der Waals surface area contributed by atoms with Crippen molar-refractivity contribution in [2.24, 2.45) is 5.73 Å². The fourth-order valence-corrected chi connectivity index (χ4v) is 2.84. The molecule has 0 fully saturated rings. The Labute approximate surface area is 165 Å². The Morgan fingerprint density at radius 1 is 0.897 bits per heavy atom. The minimum absolute atomic E-state index is 0.141. The Morgan fingerprint density at radius 2 is 1.38 bits per heavy atom. The van der Waals surface area contributed by atoms with Gasteiger partial charge in [-0.05, 0) is 46.3 Å². The molecule has 0 atom stereocenters. The molecule has 29 heavy (non-hydrogen) atoms. The number of ether oxygens (including phenoxy) is 1. The highest BCUT2D eigenvalue weighted by Gasteiger charge is 2.29. The molecule has 148 valence electrons. The smallest absolute Gasteiger partial charge is 0.478 e. The van der Waals surface area contributed by atoms with Crippen LogP contribution in [0.3, 0.4) is 0 Å². The third kappa shape index (κ3) is 4.63. The highest BCUT2D eigenvalue weighted by Crippen LogP contribution is 2.12. The van der Waals surface area contributed by atoms with E-state index in [0.29, 0.717) is 24.1 Å². The summed E-state index contributed by atoms with van der Waals surface area (Å²) < 4.78 is 14.1. The monoisotopic (exact) mass is 399 g/mol. The van der Waals surface area contributed by atoms with Crippen LogP contribution < -0.4 is 16.7 Å². The molecule has 5 N–H and O–H groups in total. The van der Waals surface area contributed by atoms with Gasteiger partial charge in [-0.1, -0.05) is 12.1 Å². The number of amides is 1. The molecule has 2 aromatic rings. The molecule has 0 aromatic heterocycles. The first-order valence-electron chi connectivity index (χ1n) is 8.36. The molecule has 0 aliphatic carbocycles. The van der Waals surface area contributed by atoms with Crippen LogP contribution in [-0.2, 0) is 27.3 Å². The minimum Gasteiger partial charge on any atom is -0.478 e. The van der Waals surface area contributed by atoms with Gasteiger partial charge in [0, 0.05) is 0 Å². The molecule has 0 unspecified atom stereocenters. The summed E-state index contributed by atoms with van der Waals surface area (Å²) in [6.45, 7) is 0.637. The first kappa shape index (κ1) is 20.6. The zero-order valence-corrected chi connectivity index (χ0v) is 14.9. The number of carbonyl (C=O) groups is 3. The highest BCUT2D eigenvalue weighted by atomic mass is 16.6. The molecule has 0 radical (unpaired) electrons. The van der Waals surface area contributed by atoms with Crippen LogP contribution in [0.2, 0.25) is 0 Å². The predicted octanol–water partition coefficient (Wildman–Crippen LogP) is -1.26. The first-order chi connectivity index (χ1) is 13.8. The van der Waals surface area contributed by atoms with Crippen LogP contribution in [0.4, 0.5) is 4.79 Å². The Balaban J connectivity index is 0.000000169. The number of carbonyl (C=O) groups excluding carboxylic acids is 2. The largest absolute Gasteiger partial charge is 0.491 e. The Morgan fingerprint density at radius 3 is 1.86 bits per heavy atom. The number of carboxylic acid groups (broad SMARTS) is 1. The van der Waals surface area contributed by atoms with E-state index >= 15 is 0 Å². The van der Waals surface area contributed by atoms with Crippen molar-refractivity contribution in [2.45, 2.75) is 13.2 Å². The summed E-state index contributed by atoms with van der Waals surface area (Å²) in [6, 6.07) is 9.12. The molecule has 10 nitrogen and oxygen atoms in total. The number of carboxylic acids is 1. The van der Waals surface area contributed by atoms with E-state index in [-0.39, 0.29) is 11.1 Å². The number of hydrogen-bond acceptors (Lipinski definition) is 8. The molecule has 1 amide bonds. The van der Waals surface area contributed by atoms with E-state index in [1.807, 2.05) is 0 Å². The maximum absolute atomic E-state index is 11.3. The van der Waals surface area contributed by atoms with Crippen LogP contribution in [0.25, 0.3) is 0 Å². The van der Waals surface area contributed by atoms with Crippen molar-refractivity contribution in [2.75, 3.05) is 0 Å². The van der Waals surface area contributed by atoms with E-state index in [0.717, 1.165) is 11.1 Å². The summed E-state index contributed by atoms with van der Waals surface area (Å²) in [6.07, 6.45) is -1.16. The van der Waals surface area contributed by atoms with E-state index in [1.165, 1.54) is 24.3 Å². The summed E-state index contributed by atoms with van der Waals surface area (Å²) >= 11 is 0. The zero-order valence-electron chi connectivity index (χ0n) is 14.9. The molecule has 0 spiro atoms. The SMILES string of the molecule is NC(=O)OC(=O)c1ccc2c(c1)B(O)OC2.O=C(O)c1ccc2c(c1)B(O)OC2. The molecule has 12 heteroatoms. The lowest BCUT2D eigenvalue weighted by molar-refractivity contribution is 0.0636. The molecule has 2 aromatic carbocycles. The summed E-state index contributed by atoms with van der Waals surface area (Å²) in [5.41, 5.74) is 7.72. The van der Waals surface area contributed by atoms with Crippen LogP contribution in [0.5, 0.6) is 0 Å². The van der Waals surface area contributed by atoms with Gasteiger partial charge in [0.05, 0.1) is 24.3 Å². The maximum atomic E-state index is 11.3. The zero-order chi connectivity index (χ0) is 21.1. The van der Waals surface area contributed by atoms with E-state index < -0.39 is 32.3 Å². The van der Waals surface area contributed by atoms with Crippen LogP contribution in [0.15, 0.2) is 36.4 Å². The molecule has 0 saturated carbocycles. The van der Waals surface area contributed by atoms with Gasteiger partial charge >= 0.3 is 32.3 Å². The average Bonchev–Trinajstić information content (AvgIpc) is 3.24. The Bertz CT molecular complexity index is 981. The fourth-order valence-electron chi connectivity index (χ4n) is 2.84. The second-order valence-electron chi connectivity index (χ2n) is 6.17. The molecule has 4 rings (SSSR count). The van der Waals surface area contributed by atoms with Gasteiger partial charge in [0.1, 0.15) is 0 Å². The van der Waals surface area contributed by atoms with Gasteiger partial charge in [-0.3, -0.25) is 0 Å². The van der Waals surface area contributed by atoms with E-state index in [9.17, 15) is 24.4 Å². The van der Waals surface area contributed by atoms with E-state index in [2.05, 4.69) is 4.74 Å². The topological polar surface area (TPSA) is 166 Å². The normalized spacial score (nSPS) is 13.9. The number of fused-ring (bicyclic) bond motifs is 2. The predicted molar refractivity (Wildman–Crippen MR) is 99.6 cm³/mol. The van der Waals surface area contributed by atoms with Crippen molar-refractivity contribution in [3.05, 3.63) is 58.7 Å². The number of esters is 1. The van der Waals surface area contributed by atoms with Crippen molar-refractivity contribution in [3.8, 4) is 0 Å². The number of nitrogens with two attached hydrogens (primary N) is 1. The molecule has 2 aliphatic heterocycles. The second-order valence-corrected chi connectivity index (χ2v) is 6.17. The van der Waals surface area contributed by atoms with Crippen LogP contribution in [0.1, 0.15) is 31.8 Å². The molecule has 2 heterocycles. The molecule has 2 aliphatic rings. The van der Waals surface area contributed by atoms with Gasteiger partial charge in [-0.15, -0.1) is 0 Å². The second kappa shape index (κ2) is 8.45. The lowest BCUT2D eigenvalue weighted by Gasteiger charge is -2.02. The standard InChI is InChI=1S/C9H8BNO5.C8H7BO4/c11-9(13)16-8(12)5-1-2-6-4-15-10(14)7(6)3-5;10-8(11)5-1-2-6-4-13-9(12)7(6)3-5/h1-3,14H,4H2,(H2,11,13);1-3,12H,4H2,(H,10,11). The summed E-state index contributed by atoms with van der Waals surface area (Å²) in [7, 11) is -2.02. The van der Waals surface area contributed by atoms with Gasteiger partial charge < -0.3 is 34.9 Å². The quantitative estimate of drug-likeness (QED) is 0.274. The number of aromatic carboxylic acids is 1. The van der Waals surface area contributed by atoms with Gasteiger partial charge in [-0.2, -0.15) is 0 Å². The Kier molecular flexibility index (Phi) is 5.99. The maximum Gasteiger partial charge on any atom is 0.491 e. The van der Waals surface area contributed by atoms with Crippen molar-refractivity contribution < 1.29 is 43.6 Å². The third-order valence-corrected chi connectivity index (χ3v) is 4.29. The van der Waals surface area contributed by atoms with Crippen molar-refractivity contribution in [1.29, 1.82) is 0 Å². The van der Waals surface area contributed by atoms with Crippen LogP contribution >= 0.6 is 0 Å².